The average molecular weight is 266 g/mol. The Balaban J connectivity index is 2.21. The first-order chi connectivity index (χ1) is 9.13. The molecule has 0 bridgehead atoms. The number of hydrazine groups is 1. The highest BCUT2D eigenvalue weighted by molar-refractivity contribution is 5.93. The molecule has 19 heavy (non-hydrogen) atoms. The van der Waals surface area contributed by atoms with Crippen molar-refractivity contribution in [3.8, 4) is 0 Å². The average Bonchev–Trinajstić information content (AvgIpc) is 2.42. The Hall–Kier alpha value is -1.43. The van der Waals surface area contributed by atoms with E-state index in [1.807, 2.05) is 12.1 Å². The number of carbonyl (C=O) groups excluding carboxylic acids is 1. The van der Waals surface area contributed by atoms with Gasteiger partial charge in [0.2, 0.25) is 0 Å². The molecule has 0 saturated carbocycles. The number of rotatable bonds is 8. The number of nitrogens with one attached hydrogen (secondary N) is 1. The Morgan fingerprint density at radius 1 is 1.21 bits per heavy atom. The molecule has 0 radical (unpaired) electrons. The van der Waals surface area contributed by atoms with Gasteiger partial charge in [0.1, 0.15) is 0 Å². The van der Waals surface area contributed by atoms with E-state index in [2.05, 4.69) is 19.3 Å². The first kappa shape index (κ1) is 15.6. The highest BCUT2D eigenvalue weighted by Gasteiger charge is 2.02. The van der Waals surface area contributed by atoms with Gasteiger partial charge in [0, 0.05) is 12.2 Å². The normalized spacial score (nSPS) is 10.7. The van der Waals surface area contributed by atoms with Crippen molar-refractivity contribution in [2.75, 3.05) is 19.8 Å². The first-order valence-electron chi connectivity index (χ1n) is 6.39. The summed E-state index contributed by atoms with van der Waals surface area (Å²) in [6, 6.07) is 7.13. The van der Waals surface area contributed by atoms with Gasteiger partial charge in [0.15, 0.2) is 0 Å². The second-order valence-corrected chi connectivity index (χ2v) is 4.69. The van der Waals surface area contributed by atoms with Crippen LogP contribution in [0.5, 0.6) is 0 Å². The van der Waals surface area contributed by atoms with Gasteiger partial charge in [-0.25, -0.2) is 5.84 Å². The van der Waals surface area contributed by atoms with Crippen molar-refractivity contribution in [2.45, 2.75) is 20.5 Å². The van der Waals surface area contributed by atoms with Crippen LogP contribution >= 0.6 is 0 Å². The van der Waals surface area contributed by atoms with Crippen molar-refractivity contribution < 1.29 is 14.3 Å². The van der Waals surface area contributed by atoms with Crippen molar-refractivity contribution >= 4 is 5.91 Å². The van der Waals surface area contributed by atoms with Gasteiger partial charge in [-0.15, -0.1) is 0 Å². The molecule has 5 heteroatoms. The van der Waals surface area contributed by atoms with Gasteiger partial charge in [0.05, 0.1) is 19.8 Å². The second-order valence-electron chi connectivity index (χ2n) is 4.69. The molecule has 0 unspecified atom stereocenters. The maximum absolute atomic E-state index is 11.2. The lowest BCUT2D eigenvalue weighted by Crippen LogP contribution is -2.29. The third kappa shape index (κ3) is 6.33. The summed E-state index contributed by atoms with van der Waals surface area (Å²) in [4.78, 5) is 11.2. The first-order valence-corrected chi connectivity index (χ1v) is 6.39. The van der Waals surface area contributed by atoms with Crippen LogP contribution in [-0.4, -0.2) is 25.7 Å². The molecule has 106 valence electrons. The van der Waals surface area contributed by atoms with Gasteiger partial charge >= 0.3 is 0 Å². The van der Waals surface area contributed by atoms with E-state index in [9.17, 15) is 4.79 Å². The lowest BCUT2D eigenvalue weighted by molar-refractivity contribution is 0.0314. The molecular weight excluding hydrogens is 244 g/mol. The minimum absolute atomic E-state index is 0.297. The maximum atomic E-state index is 11.2. The van der Waals surface area contributed by atoms with Crippen LogP contribution in [0.1, 0.15) is 29.8 Å². The van der Waals surface area contributed by atoms with Crippen molar-refractivity contribution in [1.29, 1.82) is 0 Å². The standard InChI is InChI=1S/C14H22N2O3/c1-11(2)9-18-7-8-19-10-12-3-5-13(6-4-12)14(17)16-15/h3-6,11H,7-10,15H2,1-2H3,(H,16,17). The maximum Gasteiger partial charge on any atom is 0.265 e. The van der Waals surface area contributed by atoms with Crippen LogP contribution in [0.15, 0.2) is 24.3 Å². The third-order valence-corrected chi connectivity index (χ3v) is 2.44. The van der Waals surface area contributed by atoms with E-state index in [0.717, 1.165) is 12.2 Å². The van der Waals surface area contributed by atoms with E-state index in [1.165, 1.54) is 0 Å². The van der Waals surface area contributed by atoms with Crippen LogP contribution in [0.2, 0.25) is 0 Å². The smallest absolute Gasteiger partial charge is 0.265 e. The number of benzene rings is 1. The fourth-order valence-electron chi connectivity index (χ4n) is 1.46. The molecular formula is C14H22N2O3. The molecule has 0 atom stereocenters. The van der Waals surface area contributed by atoms with E-state index in [1.54, 1.807) is 12.1 Å². The minimum atomic E-state index is -0.297. The van der Waals surface area contributed by atoms with Crippen molar-refractivity contribution in [3.05, 3.63) is 35.4 Å². The predicted molar refractivity (Wildman–Crippen MR) is 73.4 cm³/mol. The number of amides is 1. The molecule has 1 rings (SSSR count). The number of ether oxygens (including phenoxy) is 2. The molecule has 0 spiro atoms. The Morgan fingerprint density at radius 3 is 2.42 bits per heavy atom. The van der Waals surface area contributed by atoms with E-state index < -0.39 is 0 Å². The molecule has 1 amide bonds. The fourth-order valence-corrected chi connectivity index (χ4v) is 1.46. The van der Waals surface area contributed by atoms with Crippen LogP contribution in [0.3, 0.4) is 0 Å². The van der Waals surface area contributed by atoms with Gasteiger partial charge in [-0.3, -0.25) is 10.2 Å². The van der Waals surface area contributed by atoms with E-state index >= 15 is 0 Å². The van der Waals surface area contributed by atoms with Crippen molar-refractivity contribution in [2.24, 2.45) is 11.8 Å². The molecule has 0 aromatic heterocycles. The molecule has 0 heterocycles. The zero-order chi connectivity index (χ0) is 14.1. The number of carbonyl (C=O) groups is 1. The molecule has 0 aliphatic rings. The van der Waals surface area contributed by atoms with Gasteiger partial charge in [-0.05, 0) is 23.6 Å². The number of nitrogen functional groups attached to an aromatic ring is 1. The van der Waals surface area contributed by atoms with Gasteiger partial charge in [-0.1, -0.05) is 26.0 Å². The second kappa shape index (κ2) is 8.63. The fraction of sp³-hybridized carbons (Fsp3) is 0.500. The summed E-state index contributed by atoms with van der Waals surface area (Å²) in [6.07, 6.45) is 0. The highest BCUT2D eigenvalue weighted by Crippen LogP contribution is 2.05. The van der Waals surface area contributed by atoms with E-state index in [0.29, 0.717) is 31.3 Å². The van der Waals surface area contributed by atoms with Crippen LogP contribution in [0.4, 0.5) is 0 Å². The molecule has 1 aromatic rings. The van der Waals surface area contributed by atoms with E-state index in [4.69, 9.17) is 15.3 Å². The van der Waals surface area contributed by atoms with Crippen LogP contribution in [0.25, 0.3) is 0 Å². The Kier molecular flexibility index (Phi) is 7.10. The van der Waals surface area contributed by atoms with Gasteiger partial charge in [0.25, 0.3) is 5.91 Å². The summed E-state index contributed by atoms with van der Waals surface area (Å²) in [5.41, 5.74) is 3.63. The van der Waals surface area contributed by atoms with Gasteiger partial charge in [-0.2, -0.15) is 0 Å². The van der Waals surface area contributed by atoms with E-state index in [-0.39, 0.29) is 5.91 Å². The largest absolute Gasteiger partial charge is 0.379 e. The number of hydrogen-bond donors (Lipinski definition) is 2. The Morgan fingerprint density at radius 2 is 1.84 bits per heavy atom. The van der Waals surface area contributed by atoms with Crippen LogP contribution < -0.4 is 11.3 Å². The highest BCUT2D eigenvalue weighted by atomic mass is 16.5. The summed E-state index contributed by atoms with van der Waals surface area (Å²) >= 11 is 0. The lowest BCUT2D eigenvalue weighted by Gasteiger charge is -2.08. The summed E-state index contributed by atoms with van der Waals surface area (Å²) in [5.74, 6) is 5.30. The van der Waals surface area contributed by atoms with Crippen LogP contribution in [-0.2, 0) is 16.1 Å². The molecule has 1 aromatic carbocycles. The zero-order valence-electron chi connectivity index (χ0n) is 11.5. The summed E-state index contributed by atoms with van der Waals surface area (Å²) in [6.45, 7) is 6.66. The van der Waals surface area contributed by atoms with Crippen molar-refractivity contribution in [3.63, 3.8) is 0 Å². The number of hydrogen-bond acceptors (Lipinski definition) is 4. The molecule has 5 nitrogen and oxygen atoms in total. The lowest BCUT2D eigenvalue weighted by atomic mass is 10.1. The zero-order valence-corrected chi connectivity index (χ0v) is 11.5. The molecule has 3 N–H and O–H groups in total. The quantitative estimate of drug-likeness (QED) is 0.323. The SMILES string of the molecule is CC(C)COCCOCc1ccc(C(=O)NN)cc1. The van der Waals surface area contributed by atoms with Crippen LogP contribution in [0, 0.1) is 5.92 Å². The summed E-state index contributed by atoms with van der Waals surface area (Å²) in [5, 5.41) is 0. The molecule has 0 aliphatic heterocycles. The molecule has 0 fully saturated rings. The molecule has 0 aliphatic carbocycles. The minimum Gasteiger partial charge on any atom is -0.379 e. The topological polar surface area (TPSA) is 73.6 Å². The number of nitrogens with two attached hydrogens (primary N) is 1. The summed E-state index contributed by atoms with van der Waals surface area (Å²) < 4.78 is 10.9. The van der Waals surface area contributed by atoms with Gasteiger partial charge < -0.3 is 9.47 Å². The monoisotopic (exact) mass is 266 g/mol. The Labute approximate surface area is 114 Å². The van der Waals surface area contributed by atoms with Crippen molar-refractivity contribution in [1.82, 2.24) is 5.43 Å². The third-order valence-electron chi connectivity index (χ3n) is 2.44. The summed E-state index contributed by atoms with van der Waals surface area (Å²) in [7, 11) is 0. The predicted octanol–water partition coefficient (Wildman–Crippen LogP) is 1.48. The Bertz CT molecular complexity index is 377. The molecule has 0 saturated heterocycles.